The van der Waals surface area contributed by atoms with Gasteiger partial charge in [0, 0.05) is 17.8 Å². The van der Waals surface area contributed by atoms with Crippen LogP contribution in [0.1, 0.15) is 95.4 Å². The van der Waals surface area contributed by atoms with Gasteiger partial charge in [0.25, 0.3) is 0 Å². The molecule has 3 heteroatoms. The predicted molar refractivity (Wildman–Crippen MR) is 188 cm³/mol. The number of hydrogen-bond acceptors (Lipinski definition) is 3. The largest absolute Gasteiger partial charge is 0.393 e. The van der Waals surface area contributed by atoms with E-state index in [4.69, 9.17) is 4.74 Å². The Balaban J connectivity index is 1.50. The molecule has 0 aromatic carbocycles. The van der Waals surface area contributed by atoms with Gasteiger partial charge in [-0.2, -0.15) is 0 Å². The van der Waals surface area contributed by atoms with Crippen molar-refractivity contribution in [3.8, 4) is 0 Å². The third-order valence-corrected chi connectivity index (χ3v) is 9.59. The highest BCUT2D eigenvalue weighted by molar-refractivity contribution is 5.37. The number of fused-ring (bicyclic) bond motifs is 1. The lowest BCUT2D eigenvalue weighted by molar-refractivity contribution is 0.0345. The third-order valence-electron chi connectivity index (χ3n) is 9.59. The van der Waals surface area contributed by atoms with Gasteiger partial charge in [0.15, 0.2) is 0 Å². The molecule has 3 aliphatic rings. The Hall–Kier alpha value is -2.72. The molecule has 2 N–H and O–H groups in total. The molecular formula is C41H58O3. The number of ether oxygens (including phenoxy) is 1. The second-order valence-electron chi connectivity index (χ2n) is 15.3. The smallest absolute Gasteiger partial charge is 0.121 e. The lowest BCUT2D eigenvalue weighted by Crippen LogP contribution is -2.46. The summed E-state index contributed by atoms with van der Waals surface area (Å²) in [6, 6.07) is 0. The van der Waals surface area contributed by atoms with Gasteiger partial charge in [-0.05, 0) is 72.8 Å². The zero-order valence-corrected chi connectivity index (χ0v) is 29.2. The minimum atomic E-state index is -0.724. The van der Waals surface area contributed by atoms with Crippen LogP contribution in [-0.4, -0.2) is 33.1 Å². The summed E-state index contributed by atoms with van der Waals surface area (Å²) in [5.74, 6) is 0.324. The van der Waals surface area contributed by atoms with Crippen molar-refractivity contribution in [1.82, 2.24) is 0 Å². The maximum absolute atomic E-state index is 10.5. The number of allylic oxidation sites excluding steroid dienone is 18. The van der Waals surface area contributed by atoms with Crippen LogP contribution in [0.5, 0.6) is 0 Å². The maximum atomic E-state index is 10.5. The fourth-order valence-electron chi connectivity index (χ4n) is 7.60. The Morgan fingerprint density at radius 3 is 1.77 bits per heavy atom. The molecule has 2 aliphatic carbocycles. The van der Waals surface area contributed by atoms with E-state index in [1.165, 1.54) is 27.9 Å². The van der Waals surface area contributed by atoms with E-state index in [1.807, 2.05) is 13.0 Å². The number of aliphatic hydroxyl groups excluding tert-OH is 1. The lowest BCUT2D eigenvalue weighted by Gasteiger charge is -2.43. The molecule has 0 bridgehead atoms. The number of epoxide rings is 1. The van der Waals surface area contributed by atoms with Crippen molar-refractivity contribution in [2.75, 3.05) is 0 Å². The minimum absolute atomic E-state index is 0.0171. The molecule has 0 spiro atoms. The van der Waals surface area contributed by atoms with Crippen LogP contribution in [0.3, 0.4) is 0 Å². The van der Waals surface area contributed by atoms with Crippen LogP contribution in [0.2, 0.25) is 0 Å². The van der Waals surface area contributed by atoms with E-state index in [0.717, 1.165) is 12.8 Å². The van der Waals surface area contributed by atoms with Crippen LogP contribution in [0, 0.1) is 16.7 Å². The molecule has 0 amide bonds. The van der Waals surface area contributed by atoms with E-state index in [-0.39, 0.29) is 28.1 Å². The highest BCUT2D eigenvalue weighted by Crippen LogP contribution is 2.66. The maximum Gasteiger partial charge on any atom is 0.121 e. The van der Waals surface area contributed by atoms with Gasteiger partial charge in [0.1, 0.15) is 11.2 Å². The van der Waals surface area contributed by atoms with E-state index in [9.17, 15) is 10.2 Å². The van der Waals surface area contributed by atoms with E-state index in [1.54, 1.807) is 0 Å². The molecule has 0 radical (unpaired) electrons. The molecule has 3 rings (SSSR count). The molecule has 0 aromatic heterocycles. The molecule has 2 fully saturated rings. The average Bonchev–Trinajstić information content (AvgIpc) is 3.49. The van der Waals surface area contributed by atoms with E-state index in [2.05, 4.69) is 154 Å². The molecule has 1 saturated heterocycles. The number of hydrogen-bond donors (Lipinski definition) is 2. The molecule has 1 saturated carbocycles. The first-order chi connectivity index (χ1) is 20.3. The fraction of sp³-hybridized carbons (Fsp3) is 0.512. The Morgan fingerprint density at radius 2 is 1.25 bits per heavy atom. The summed E-state index contributed by atoms with van der Waals surface area (Å²) in [7, 11) is 0. The fourth-order valence-corrected chi connectivity index (χ4v) is 7.60. The first-order valence-corrected chi connectivity index (χ1v) is 16.2. The summed E-state index contributed by atoms with van der Waals surface area (Å²) in [6.07, 6.45) is 33.8. The van der Waals surface area contributed by atoms with Gasteiger partial charge in [0.2, 0.25) is 0 Å². The summed E-state index contributed by atoms with van der Waals surface area (Å²) in [4.78, 5) is 0. The molecule has 3 nitrogen and oxygen atoms in total. The average molecular weight is 599 g/mol. The molecule has 1 heterocycles. The Kier molecular flexibility index (Phi) is 11.2. The lowest BCUT2D eigenvalue weighted by atomic mass is 9.63. The second kappa shape index (κ2) is 13.7. The summed E-state index contributed by atoms with van der Waals surface area (Å²) in [6.45, 7) is 23.5. The second-order valence-corrected chi connectivity index (χ2v) is 15.3. The zero-order valence-electron chi connectivity index (χ0n) is 29.2. The summed E-state index contributed by atoms with van der Waals surface area (Å²) >= 11 is 0. The van der Waals surface area contributed by atoms with Crippen LogP contribution >= 0.6 is 0 Å². The molecule has 0 unspecified atom stereocenters. The molecule has 1 aliphatic heterocycles. The van der Waals surface area contributed by atoms with Gasteiger partial charge in [0.05, 0.1) is 11.7 Å². The third kappa shape index (κ3) is 8.93. The van der Waals surface area contributed by atoms with Crippen LogP contribution in [-0.2, 0) is 4.74 Å². The predicted octanol–water partition coefficient (Wildman–Crippen LogP) is 10.0. The molecular weight excluding hydrogens is 540 g/mol. The Morgan fingerprint density at radius 1 is 0.750 bits per heavy atom. The molecule has 5 atom stereocenters. The summed E-state index contributed by atoms with van der Waals surface area (Å²) in [5, 5.41) is 20.8. The Labute approximate surface area is 268 Å². The Bertz CT molecular complexity index is 1360. The van der Waals surface area contributed by atoms with Crippen molar-refractivity contribution in [2.24, 2.45) is 16.7 Å². The minimum Gasteiger partial charge on any atom is -0.393 e. The van der Waals surface area contributed by atoms with Gasteiger partial charge >= 0.3 is 0 Å². The van der Waals surface area contributed by atoms with Crippen molar-refractivity contribution in [2.45, 2.75) is 118 Å². The van der Waals surface area contributed by atoms with Gasteiger partial charge < -0.3 is 14.9 Å². The zero-order chi connectivity index (χ0) is 33.0. The summed E-state index contributed by atoms with van der Waals surface area (Å²) in [5.41, 5.74) is 4.60. The van der Waals surface area contributed by atoms with E-state index in [0.29, 0.717) is 12.3 Å². The van der Waals surface area contributed by atoms with Crippen molar-refractivity contribution < 1.29 is 14.9 Å². The topological polar surface area (TPSA) is 53.0 Å². The SMILES string of the molecule is CC1=C[C@](C)(O)CC(C)(C)[C@@H]1/C=C/C(C)=C/C=C/C(C)=C/C=C/C=C(C)/C=C/C=C(C)/C=C/[C@@]12O[C@@]1(C)C[C@@H](O)CC2(C)C. The van der Waals surface area contributed by atoms with Crippen LogP contribution in [0.15, 0.2) is 119 Å². The standard InChI is InChI=1S/C41H58O3/c1-30(18-14-20-32(3)22-23-36-34(5)26-39(10,43)29-37(36,6)7)16-12-13-17-31(2)19-15-21-33(4)24-25-41-38(8,9)27-35(42)28-40(41,11)44-41/h12-26,35-36,42-43H,27-29H2,1-11H3/b13-12+,18-14+,19-15+,23-22+,25-24+,30-16+,31-17+,32-20+,33-21+/t35-,36+,39-,40-,41-/m0/s1. The highest BCUT2D eigenvalue weighted by atomic mass is 16.6. The first-order valence-electron chi connectivity index (χ1n) is 16.2. The van der Waals surface area contributed by atoms with Crippen molar-refractivity contribution >= 4 is 0 Å². The van der Waals surface area contributed by atoms with Gasteiger partial charge in [-0.3, -0.25) is 0 Å². The summed E-state index contributed by atoms with van der Waals surface area (Å²) < 4.78 is 6.25. The quantitative estimate of drug-likeness (QED) is 0.149. The van der Waals surface area contributed by atoms with Crippen LogP contribution in [0.4, 0.5) is 0 Å². The van der Waals surface area contributed by atoms with Crippen LogP contribution in [0.25, 0.3) is 0 Å². The van der Waals surface area contributed by atoms with Crippen LogP contribution < -0.4 is 0 Å². The number of rotatable bonds is 10. The van der Waals surface area contributed by atoms with Gasteiger partial charge in [-0.1, -0.05) is 141 Å². The van der Waals surface area contributed by atoms with E-state index < -0.39 is 5.60 Å². The van der Waals surface area contributed by atoms with E-state index >= 15 is 0 Å². The monoisotopic (exact) mass is 598 g/mol. The molecule has 0 aromatic rings. The van der Waals surface area contributed by atoms with Crippen molar-refractivity contribution in [3.63, 3.8) is 0 Å². The normalized spacial score (nSPS) is 35.0. The molecule has 44 heavy (non-hydrogen) atoms. The first kappa shape index (κ1) is 35.8. The van der Waals surface area contributed by atoms with Crippen molar-refractivity contribution in [3.05, 3.63) is 119 Å². The van der Waals surface area contributed by atoms with Crippen molar-refractivity contribution in [1.29, 1.82) is 0 Å². The number of aliphatic hydroxyl groups is 2. The molecule has 240 valence electrons. The van der Waals surface area contributed by atoms with Gasteiger partial charge in [-0.25, -0.2) is 0 Å². The highest BCUT2D eigenvalue weighted by Gasteiger charge is 2.74. The van der Waals surface area contributed by atoms with Gasteiger partial charge in [-0.15, -0.1) is 0 Å².